The zero-order valence-corrected chi connectivity index (χ0v) is 19.3. The Hall–Kier alpha value is -3.38. The molecule has 2 atom stereocenters. The van der Waals surface area contributed by atoms with Crippen LogP contribution in [0, 0.1) is 6.92 Å². The minimum Gasteiger partial charge on any atom is -0.438 e. The number of pyridine rings is 1. The van der Waals surface area contributed by atoms with Gasteiger partial charge in [-0.3, -0.25) is 4.79 Å². The lowest BCUT2D eigenvalue weighted by molar-refractivity contribution is -0.0718. The highest BCUT2D eigenvalue weighted by atomic mass is 16.6. The maximum atomic E-state index is 13.1. The van der Waals surface area contributed by atoms with Gasteiger partial charge in [0, 0.05) is 45.3 Å². The van der Waals surface area contributed by atoms with Crippen LogP contribution in [0.15, 0.2) is 71.7 Å². The zero-order chi connectivity index (χ0) is 23.6. The summed E-state index contributed by atoms with van der Waals surface area (Å²) in [6.07, 6.45) is 2.43. The van der Waals surface area contributed by atoms with Crippen LogP contribution in [0.3, 0.4) is 0 Å². The second kappa shape index (κ2) is 9.24. The van der Waals surface area contributed by atoms with Crippen molar-refractivity contribution in [2.75, 3.05) is 13.2 Å². The highest BCUT2D eigenvalue weighted by Crippen LogP contribution is 2.39. The number of carbonyl (C=O) groups is 1. The first-order valence-corrected chi connectivity index (χ1v) is 11.3. The van der Waals surface area contributed by atoms with Crippen LogP contribution >= 0.6 is 0 Å². The number of ether oxygens (including phenoxy) is 1. The smallest absolute Gasteiger partial charge is 0.411 e. The Bertz CT molecular complexity index is 1180. The van der Waals surface area contributed by atoms with E-state index in [1.165, 1.54) is 0 Å². The van der Waals surface area contributed by atoms with Gasteiger partial charge in [0.05, 0.1) is 6.04 Å². The van der Waals surface area contributed by atoms with Gasteiger partial charge >= 0.3 is 6.09 Å². The number of cyclic esters (lactones) is 1. The van der Waals surface area contributed by atoms with Crippen LogP contribution in [-0.4, -0.2) is 33.8 Å². The minimum atomic E-state index is -0.803. The van der Waals surface area contributed by atoms with Gasteiger partial charge in [0.25, 0.3) is 0 Å². The predicted molar refractivity (Wildman–Crippen MR) is 128 cm³/mol. The van der Waals surface area contributed by atoms with Gasteiger partial charge in [-0.15, -0.1) is 0 Å². The van der Waals surface area contributed by atoms with E-state index < -0.39 is 5.60 Å². The Kier molecular flexibility index (Phi) is 6.38. The number of rotatable bonds is 6. The molecule has 3 aromatic rings. The van der Waals surface area contributed by atoms with Crippen LogP contribution in [0.25, 0.3) is 11.1 Å². The summed E-state index contributed by atoms with van der Waals surface area (Å²) in [5.74, 6) is 0. The molecule has 1 N–H and O–H groups in total. The third kappa shape index (κ3) is 4.57. The molecule has 0 aliphatic carbocycles. The quantitative estimate of drug-likeness (QED) is 0.603. The van der Waals surface area contributed by atoms with Crippen LogP contribution in [0.1, 0.15) is 42.5 Å². The van der Waals surface area contributed by atoms with Crippen molar-refractivity contribution >= 4 is 6.09 Å². The summed E-state index contributed by atoms with van der Waals surface area (Å²) in [5.41, 5.74) is 4.18. The maximum Gasteiger partial charge on any atom is 0.411 e. The molecule has 33 heavy (non-hydrogen) atoms. The van der Waals surface area contributed by atoms with Gasteiger partial charge in [-0.25, -0.2) is 4.79 Å². The average Bonchev–Trinajstić information content (AvgIpc) is 2.81. The van der Waals surface area contributed by atoms with E-state index in [0.29, 0.717) is 19.4 Å². The van der Waals surface area contributed by atoms with Crippen LogP contribution in [0.4, 0.5) is 4.79 Å². The Morgan fingerprint density at radius 3 is 2.27 bits per heavy atom. The van der Waals surface area contributed by atoms with Gasteiger partial charge in [0.1, 0.15) is 5.60 Å². The van der Waals surface area contributed by atoms with E-state index in [4.69, 9.17) is 4.74 Å². The third-order valence-corrected chi connectivity index (χ3v) is 6.65. The van der Waals surface area contributed by atoms with Crippen molar-refractivity contribution < 1.29 is 14.6 Å². The summed E-state index contributed by atoms with van der Waals surface area (Å²) in [5, 5.41) is 9.67. The monoisotopic (exact) mass is 446 g/mol. The summed E-state index contributed by atoms with van der Waals surface area (Å²) in [6.45, 7) is 4.50. The number of aliphatic hydroxyl groups is 1. The third-order valence-electron chi connectivity index (χ3n) is 6.65. The first-order valence-electron chi connectivity index (χ1n) is 11.3. The topological polar surface area (TPSA) is 71.8 Å². The summed E-state index contributed by atoms with van der Waals surface area (Å²) in [4.78, 5) is 26.5. The fourth-order valence-electron chi connectivity index (χ4n) is 4.48. The lowest BCUT2D eigenvalue weighted by Gasteiger charge is -2.43. The summed E-state index contributed by atoms with van der Waals surface area (Å²) < 4.78 is 7.57. The molecule has 2 aromatic carbocycles. The number of aliphatic hydroxyl groups excluding tert-OH is 1. The first-order chi connectivity index (χ1) is 15.8. The molecular weight excluding hydrogens is 416 g/mol. The van der Waals surface area contributed by atoms with Crippen molar-refractivity contribution in [3.63, 3.8) is 0 Å². The molecule has 2 heterocycles. The van der Waals surface area contributed by atoms with Gasteiger partial charge < -0.3 is 19.3 Å². The molecule has 4 rings (SSSR count). The van der Waals surface area contributed by atoms with E-state index in [1.54, 1.807) is 22.6 Å². The van der Waals surface area contributed by atoms with Crippen molar-refractivity contribution in [2.45, 2.75) is 38.3 Å². The zero-order valence-electron chi connectivity index (χ0n) is 19.3. The Balaban J connectivity index is 1.52. The molecule has 0 spiro atoms. The molecule has 0 bridgehead atoms. The Morgan fingerprint density at radius 2 is 1.67 bits per heavy atom. The molecule has 1 fully saturated rings. The number of amides is 1. The van der Waals surface area contributed by atoms with E-state index in [9.17, 15) is 14.7 Å². The molecule has 1 aliphatic heterocycles. The summed E-state index contributed by atoms with van der Waals surface area (Å²) in [6, 6.07) is 19.2. The Morgan fingerprint density at radius 1 is 1.00 bits per heavy atom. The number of hydrogen-bond donors (Lipinski definition) is 1. The average molecular weight is 447 g/mol. The molecule has 0 unspecified atom stereocenters. The number of nitrogens with zero attached hydrogens (tertiary/aromatic N) is 2. The van der Waals surface area contributed by atoms with E-state index in [1.807, 2.05) is 74.6 Å². The molecule has 0 radical (unpaired) electrons. The second-order valence-corrected chi connectivity index (χ2v) is 8.81. The standard InChI is InChI=1S/C27H30N2O4/c1-19-4-11-24(12-5-19)27(15-17-30)14-16-29(26(32)33-27)20(2)21-6-8-22(9-7-21)23-10-13-25(31)28(3)18-23/h4-13,18,20,30H,14-17H2,1-3H3/t20-,27-/m0/s1. The number of benzene rings is 2. The fraction of sp³-hybridized carbons (Fsp3) is 0.333. The van der Waals surface area contributed by atoms with Crippen LogP contribution < -0.4 is 5.56 Å². The van der Waals surface area contributed by atoms with Crippen molar-refractivity contribution in [3.05, 3.63) is 93.9 Å². The van der Waals surface area contributed by atoms with E-state index >= 15 is 0 Å². The van der Waals surface area contributed by atoms with Crippen molar-refractivity contribution in [1.82, 2.24) is 9.47 Å². The summed E-state index contributed by atoms with van der Waals surface area (Å²) in [7, 11) is 1.73. The number of carbonyl (C=O) groups excluding carboxylic acids is 1. The van der Waals surface area contributed by atoms with Crippen molar-refractivity contribution in [2.24, 2.45) is 7.05 Å². The van der Waals surface area contributed by atoms with Gasteiger partial charge in [-0.05, 0) is 42.2 Å². The van der Waals surface area contributed by atoms with E-state index in [0.717, 1.165) is 27.8 Å². The maximum absolute atomic E-state index is 13.1. The number of aryl methyl sites for hydroxylation is 2. The minimum absolute atomic E-state index is 0.0458. The molecule has 0 saturated carbocycles. The van der Waals surface area contributed by atoms with Crippen molar-refractivity contribution in [3.8, 4) is 11.1 Å². The van der Waals surface area contributed by atoms with Crippen molar-refractivity contribution in [1.29, 1.82) is 0 Å². The highest BCUT2D eigenvalue weighted by Gasteiger charge is 2.43. The molecule has 6 nitrogen and oxygen atoms in total. The van der Waals surface area contributed by atoms with E-state index in [-0.39, 0.29) is 24.3 Å². The second-order valence-electron chi connectivity index (χ2n) is 8.81. The lowest BCUT2D eigenvalue weighted by atomic mass is 9.85. The highest BCUT2D eigenvalue weighted by molar-refractivity contribution is 5.70. The number of aromatic nitrogens is 1. The molecule has 1 aromatic heterocycles. The molecule has 172 valence electrons. The lowest BCUT2D eigenvalue weighted by Crippen LogP contribution is -2.49. The van der Waals surface area contributed by atoms with Gasteiger partial charge in [-0.2, -0.15) is 0 Å². The Labute approximate surface area is 194 Å². The SMILES string of the molecule is Cc1ccc([C@@]2(CCO)CCN([C@@H](C)c3ccc(-c4ccc(=O)n(C)c4)cc3)C(=O)O2)cc1. The molecule has 1 amide bonds. The molecule has 1 aliphatic rings. The largest absolute Gasteiger partial charge is 0.438 e. The molecule has 1 saturated heterocycles. The van der Waals surface area contributed by atoms with E-state index in [2.05, 4.69) is 0 Å². The molecule has 6 heteroatoms. The first kappa shape index (κ1) is 22.8. The van der Waals surface area contributed by atoms with Gasteiger partial charge in [-0.1, -0.05) is 54.1 Å². The van der Waals surface area contributed by atoms with Crippen LogP contribution in [0.2, 0.25) is 0 Å². The molecular formula is C27H30N2O4. The summed E-state index contributed by atoms with van der Waals surface area (Å²) >= 11 is 0. The van der Waals surface area contributed by atoms with Gasteiger partial charge in [0.15, 0.2) is 0 Å². The predicted octanol–water partition coefficient (Wildman–Crippen LogP) is 4.54. The number of hydrogen-bond acceptors (Lipinski definition) is 4. The van der Waals surface area contributed by atoms with Crippen LogP contribution in [-0.2, 0) is 17.4 Å². The normalized spacial score (nSPS) is 19.3. The van der Waals surface area contributed by atoms with Crippen LogP contribution in [0.5, 0.6) is 0 Å². The fourth-order valence-corrected chi connectivity index (χ4v) is 4.48. The van der Waals surface area contributed by atoms with Gasteiger partial charge in [0.2, 0.25) is 5.56 Å².